The van der Waals surface area contributed by atoms with E-state index in [1.165, 1.54) is 25.7 Å². The maximum Gasteiger partial charge on any atom is 0.0809 e. The van der Waals surface area contributed by atoms with Crippen molar-refractivity contribution in [3.8, 4) is 0 Å². The van der Waals surface area contributed by atoms with Gasteiger partial charge in [0, 0.05) is 0 Å². The Bertz CT molecular complexity index is 690. The Kier molecular flexibility index (Phi) is 6.92. The molecule has 29 heavy (non-hydrogen) atoms. The highest BCUT2D eigenvalue weighted by Crippen LogP contribution is 2.57. The quantitative estimate of drug-likeness (QED) is 0.429. The summed E-state index contributed by atoms with van der Waals surface area (Å²) in [5.74, 6) is 0.613. The zero-order chi connectivity index (χ0) is 21.2. The van der Waals surface area contributed by atoms with Gasteiger partial charge in [0.1, 0.15) is 0 Å². The van der Waals surface area contributed by atoms with E-state index in [9.17, 15) is 15.3 Å². The van der Waals surface area contributed by atoms with Gasteiger partial charge in [0.05, 0.1) is 17.8 Å². The van der Waals surface area contributed by atoms with Crippen molar-refractivity contribution in [3.63, 3.8) is 0 Å². The molecule has 3 fully saturated rings. The molecule has 0 aromatic rings. The van der Waals surface area contributed by atoms with Crippen molar-refractivity contribution < 1.29 is 15.3 Å². The van der Waals surface area contributed by atoms with Crippen LogP contribution in [0, 0.1) is 11.3 Å². The molecular formula is C26H40O3. The summed E-state index contributed by atoms with van der Waals surface area (Å²) in [4.78, 5) is 0. The maximum absolute atomic E-state index is 10.1. The van der Waals surface area contributed by atoms with Crippen molar-refractivity contribution in [1.29, 1.82) is 0 Å². The molecule has 3 aliphatic rings. The molecule has 0 saturated heterocycles. The van der Waals surface area contributed by atoms with Gasteiger partial charge in [-0.05, 0) is 95.0 Å². The van der Waals surface area contributed by atoms with Crippen molar-refractivity contribution in [1.82, 2.24) is 0 Å². The summed E-state index contributed by atoms with van der Waals surface area (Å²) in [6.45, 7) is 10.0. The predicted octanol–water partition coefficient (Wildman–Crippen LogP) is 5.38. The van der Waals surface area contributed by atoms with Crippen molar-refractivity contribution in [2.45, 2.75) is 103 Å². The minimum absolute atomic E-state index is 0.275. The molecule has 3 nitrogen and oxygen atoms in total. The Morgan fingerprint density at radius 2 is 1.83 bits per heavy atom. The molecule has 3 saturated carbocycles. The second-order valence-corrected chi connectivity index (χ2v) is 10.4. The lowest BCUT2D eigenvalue weighted by atomic mass is 9.65. The molecule has 3 aliphatic carbocycles. The first-order chi connectivity index (χ1) is 13.6. The number of hydrogen-bond acceptors (Lipinski definition) is 3. The molecule has 3 heteroatoms. The van der Waals surface area contributed by atoms with Crippen LogP contribution in [0.4, 0.5) is 0 Å². The topological polar surface area (TPSA) is 60.7 Å². The molecule has 4 atom stereocenters. The fourth-order valence-corrected chi connectivity index (χ4v) is 5.66. The third kappa shape index (κ3) is 5.31. The number of unbranched alkanes of at least 4 members (excludes halogenated alkanes) is 1. The lowest BCUT2D eigenvalue weighted by Crippen LogP contribution is -2.29. The molecule has 0 aliphatic heterocycles. The second-order valence-electron chi connectivity index (χ2n) is 10.4. The van der Waals surface area contributed by atoms with Crippen LogP contribution in [-0.2, 0) is 0 Å². The summed E-state index contributed by atoms with van der Waals surface area (Å²) in [5.41, 5.74) is 4.54. The molecule has 1 unspecified atom stereocenters. The van der Waals surface area contributed by atoms with E-state index in [2.05, 4.69) is 31.7 Å². The molecule has 0 amide bonds. The van der Waals surface area contributed by atoms with Crippen LogP contribution in [0.25, 0.3) is 0 Å². The fourth-order valence-electron chi connectivity index (χ4n) is 5.66. The van der Waals surface area contributed by atoms with Crippen molar-refractivity contribution >= 4 is 0 Å². The highest BCUT2D eigenvalue weighted by atomic mass is 16.3. The molecule has 0 aromatic heterocycles. The van der Waals surface area contributed by atoms with Gasteiger partial charge in [-0.3, -0.25) is 0 Å². The summed E-state index contributed by atoms with van der Waals surface area (Å²) in [5, 5.41) is 30.1. The van der Waals surface area contributed by atoms with Gasteiger partial charge in [-0.25, -0.2) is 0 Å². The summed E-state index contributed by atoms with van der Waals surface area (Å²) >= 11 is 0. The third-order valence-electron chi connectivity index (χ3n) is 7.50. The standard InChI is InChI=1S/C26H40O3/c1-18-23(27)16-19(17-24(18)28)10-11-20-8-7-15-26(4)21(12-13-22(20)26)9-5-6-14-25(2,3)29/h9-11,22-24,27-29H,1,5-8,12-17H2,2-4H3/b20-11+,21-9-/t22-,23+,24+,26?/m0/s1. The molecule has 0 bridgehead atoms. The van der Waals surface area contributed by atoms with Gasteiger partial charge in [0.15, 0.2) is 0 Å². The number of fused-ring (bicyclic) bond motifs is 1. The van der Waals surface area contributed by atoms with Crippen LogP contribution in [0.5, 0.6) is 0 Å². The predicted molar refractivity (Wildman–Crippen MR) is 119 cm³/mol. The normalized spacial score (nSPS) is 36.0. The van der Waals surface area contributed by atoms with E-state index in [1.54, 1.807) is 11.1 Å². The first-order valence-corrected chi connectivity index (χ1v) is 11.5. The zero-order valence-electron chi connectivity index (χ0n) is 18.6. The van der Waals surface area contributed by atoms with Crippen molar-refractivity contribution in [3.05, 3.63) is 47.1 Å². The van der Waals surface area contributed by atoms with Gasteiger partial charge in [0.25, 0.3) is 0 Å². The number of aliphatic hydroxyl groups is 3. The zero-order valence-corrected chi connectivity index (χ0v) is 18.6. The molecule has 3 rings (SSSR count). The first-order valence-electron chi connectivity index (χ1n) is 11.5. The SMILES string of the molecule is C=C1[C@H](O)CC(=C/C=C2\CCCC3(C)/C(=C\CCCC(C)(C)O)CC[C@@H]23)C[C@H]1O. The van der Waals surface area contributed by atoms with Crippen LogP contribution < -0.4 is 0 Å². The van der Waals surface area contributed by atoms with E-state index < -0.39 is 17.8 Å². The second kappa shape index (κ2) is 8.91. The van der Waals surface area contributed by atoms with E-state index in [1.807, 2.05) is 13.8 Å². The molecule has 3 N–H and O–H groups in total. The molecular weight excluding hydrogens is 360 g/mol. The average Bonchev–Trinajstić information content (AvgIpc) is 2.97. The first kappa shape index (κ1) is 22.5. The largest absolute Gasteiger partial charge is 0.390 e. The highest BCUT2D eigenvalue weighted by molar-refractivity contribution is 5.33. The minimum Gasteiger partial charge on any atom is -0.390 e. The van der Waals surface area contributed by atoms with E-state index in [0.29, 0.717) is 24.3 Å². The Balaban J connectivity index is 1.69. The number of allylic oxidation sites excluding steroid dienone is 5. The van der Waals surface area contributed by atoms with Crippen LogP contribution in [0.1, 0.15) is 85.0 Å². The van der Waals surface area contributed by atoms with E-state index in [0.717, 1.165) is 31.3 Å². The molecule has 162 valence electrons. The summed E-state index contributed by atoms with van der Waals surface area (Å²) in [7, 11) is 0. The highest BCUT2D eigenvalue weighted by Gasteiger charge is 2.45. The van der Waals surface area contributed by atoms with Gasteiger partial charge in [-0.15, -0.1) is 0 Å². The minimum atomic E-state index is -0.620. The average molecular weight is 401 g/mol. The maximum atomic E-state index is 10.1. The van der Waals surface area contributed by atoms with E-state index in [4.69, 9.17) is 0 Å². The van der Waals surface area contributed by atoms with Crippen LogP contribution >= 0.6 is 0 Å². The third-order valence-corrected chi connectivity index (χ3v) is 7.50. The van der Waals surface area contributed by atoms with Crippen LogP contribution in [-0.4, -0.2) is 33.1 Å². The number of hydrogen-bond donors (Lipinski definition) is 3. The smallest absolute Gasteiger partial charge is 0.0809 e. The Morgan fingerprint density at radius 1 is 1.14 bits per heavy atom. The molecule has 0 radical (unpaired) electrons. The fraction of sp³-hybridized carbons (Fsp3) is 0.692. The Hall–Kier alpha value is -1.16. The summed E-state index contributed by atoms with van der Waals surface area (Å²) < 4.78 is 0. The van der Waals surface area contributed by atoms with Gasteiger partial charge in [-0.2, -0.15) is 0 Å². The number of aliphatic hydroxyl groups excluding tert-OH is 2. The Morgan fingerprint density at radius 3 is 2.48 bits per heavy atom. The van der Waals surface area contributed by atoms with Crippen molar-refractivity contribution in [2.24, 2.45) is 11.3 Å². The van der Waals surface area contributed by atoms with E-state index in [-0.39, 0.29) is 5.41 Å². The lowest BCUT2D eigenvalue weighted by molar-refractivity contribution is 0.0691. The van der Waals surface area contributed by atoms with Gasteiger partial charge < -0.3 is 15.3 Å². The van der Waals surface area contributed by atoms with Crippen LogP contribution in [0.15, 0.2) is 47.1 Å². The van der Waals surface area contributed by atoms with Crippen molar-refractivity contribution in [2.75, 3.05) is 0 Å². The molecule has 0 aromatic carbocycles. The molecule has 0 heterocycles. The Labute approximate surface area is 176 Å². The lowest BCUT2D eigenvalue weighted by Gasteiger charge is -2.39. The summed E-state index contributed by atoms with van der Waals surface area (Å²) in [6.07, 6.45) is 15.9. The monoisotopic (exact) mass is 400 g/mol. The van der Waals surface area contributed by atoms with Gasteiger partial charge in [0.2, 0.25) is 0 Å². The van der Waals surface area contributed by atoms with Crippen LogP contribution in [0.2, 0.25) is 0 Å². The van der Waals surface area contributed by atoms with Gasteiger partial charge in [-0.1, -0.05) is 48.5 Å². The summed E-state index contributed by atoms with van der Waals surface area (Å²) in [6, 6.07) is 0. The molecule has 0 spiro atoms. The van der Waals surface area contributed by atoms with E-state index >= 15 is 0 Å². The number of rotatable bonds is 5. The van der Waals surface area contributed by atoms with Gasteiger partial charge >= 0.3 is 0 Å². The van der Waals surface area contributed by atoms with Crippen LogP contribution in [0.3, 0.4) is 0 Å².